The zero-order chi connectivity index (χ0) is 14.3. The third-order valence-corrected chi connectivity index (χ3v) is 4.94. The second-order valence-electron chi connectivity index (χ2n) is 5.92. The Hall–Kier alpha value is -1.40. The summed E-state index contributed by atoms with van der Waals surface area (Å²) < 4.78 is 22.0. The predicted molar refractivity (Wildman–Crippen MR) is 76.2 cm³/mol. The Balaban J connectivity index is 1.59. The Morgan fingerprint density at radius 2 is 1.75 bits per heavy atom. The van der Waals surface area contributed by atoms with Crippen LogP contribution in [0.3, 0.4) is 0 Å². The topological polar surface area (TPSA) is 89.3 Å². The number of carbonyl (C=O) groups is 1. The molecule has 1 amide bonds. The molecule has 3 N–H and O–H groups in total. The molecular weight excluding hydrogens is 276 g/mol. The number of nitrogens with two attached hydrogens (primary N) is 1. The molecular formula is C14H18N2O3S. The lowest BCUT2D eigenvalue weighted by Gasteiger charge is -2.12. The van der Waals surface area contributed by atoms with Crippen LogP contribution in [0.1, 0.15) is 24.8 Å². The van der Waals surface area contributed by atoms with Gasteiger partial charge in [-0.05, 0) is 48.8 Å². The molecule has 2 atom stereocenters. The Kier molecular flexibility index (Phi) is 3.30. The largest absolute Gasteiger partial charge is 0.326 e. The fraction of sp³-hybridized carbons (Fsp3) is 0.500. The summed E-state index contributed by atoms with van der Waals surface area (Å²) in [6.07, 6.45) is 3.33. The molecule has 0 radical (unpaired) electrons. The third kappa shape index (κ3) is 3.19. The van der Waals surface area contributed by atoms with Crippen LogP contribution in [0.25, 0.3) is 0 Å². The third-order valence-electron chi connectivity index (χ3n) is 4.20. The van der Waals surface area contributed by atoms with Gasteiger partial charge in [-0.1, -0.05) is 12.1 Å². The van der Waals surface area contributed by atoms with Gasteiger partial charge in [-0.25, -0.2) is 13.6 Å². The van der Waals surface area contributed by atoms with Gasteiger partial charge in [0.25, 0.3) is 0 Å². The average Bonchev–Trinajstić information content (AvgIpc) is 2.97. The first-order valence-corrected chi connectivity index (χ1v) is 8.52. The molecule has 3 rings (SSSR count). The van der Waals surface area contributed by atoms with Crippen LogP contribution < -0.4 is 10.5 Å². The molecule has 2 aliphatic carbocycles. The van der Waals surface area contributed by atoms with E-state index in [1.54, 1.807) is 24.3 Å². The molecule has 2 fully saturated rings. The normalized spacial score (nSPS) is 27.9. The van der Waals surface area contributed by atoms with E-state index in [1.165, 1.54) is 6.42 Å². The van der Waals surface area contributed by atoms with Crippen LogP contribution in [0.15, 0.2) is 24.3 Å². The number of nitrogens with one attached hydrogen (secondary N) is 1. The molecule has 0 spiro atoms. The zero-order valence-corrected chi connectivity index (χ0v) is 11.9. The lowest BCUT2D eigenvalue weighted by atomic mass is 10.0. The minimum absolute atomic E-state index is 0.0800. The monoisotopic (exact) mass is 294 g/mol. The van der Waals surface area contributed by atoms with Gasteiger partial charge in [0.15, 0.2) is 0 Å². The van der Waals surface area contributed by atoms with E-state index in [9.17, 15) is 13.2 Å². The molecule has 0 bridgehead atoms. The average molecular weight is 294 g/mol. The summed E-state index contributed by atoms with van der Waals surface area (Å²) >= 11 is 0. The maximum Gasteiger partial charge on any atom is 0.227 e. The number of amides is 1. The van der Waals surface area contributed by atoms with E-state index in [0.29, 0.717) is 11.3 Å². The van der Waals surface area contributed by atoms with Gasteiger partial charge < -0.3 is 5.32 Å². The van der Waals surface area contributed by atoms with Crippen molar-refractivity contribution in [2.75, 3.05) is 5.32 Å². The van der Waals surface area contributed by atoms with Gasteiger partial charge in [0.2, 0.25) is 15.9 Å². The van der Waals surface area contributed by atoms with Crippen molar-refractivity contribution in [3.63, 3.8) is 0 Å². The minimum atomic E-state index is -3.51. The molecule has 0 saturated heterocycles. The van der Waals surface area contributed by atoms with E-state index in [0.717, 1.165) is 24.7 Å². The highest BCUT2D eigenvalue weighted by molar-refractivity contribution is 7.88. The maximum atomic E-state index is 12.1. The van der Waals surface area contributed by atoms with Crippen LogP contribution in [0.4, 0.5) is 5.69 Å². The number of fused-ring (bicyclic) bond motifs is 1. The SMILES string of the molecule is NS(=O)(=O)Cc1ccc(NC(=O)C2CC3CC3C2)cc1. The Labute approximate surface area is 118 Å². The molecule has 6 heteroatoms. The lowest BCUT2D eigenvalue weighted by molar-refractivity contribution is -0.120. The number of hydrogen-bond donors (Lipinski definition) is 2. The summed E-state index contributed by atoms with van der Waals surface area (Å²) in [6.45, 7) is 0. The van der Waals surface area contributed by atoms with E-state index in [2.05, 4.69) is 5.32 Å². The fourth-order valence-electron chi connectivity index (χ4n) is 3.09. The first-order chi connectivity index (χ1) is 9.40. The standard InChI is InChI=1S/C14H18N2O3S/c15-20(18,19)8-9-1-3-13(4-2-9)16-14(17)12-6-10-5-11(10)7-12/h1-4,10-12H,5-8H2,(H,16,17)(H2,15,18,19). The van der Waals surface area contributed by atoms with Crippen molar-refractivity contribution in [2.45, 2.75) is 25.0 Å². The van der Waals surface area contributed by atoms with Crippen molar-refractivity contribution < 1.29 is 13.2 Å². The summed E-state index contributed by atoms with van der Waals surface area (Å²) in [7, 11) is -3.51. The summed E-state index contributed by atoms with van der Waals surface area (Å²) in [5, 5.41) is 7.88. The van der Waals surface area contributed by atoms with E-state index in [-0.39, 0.29) is 17.6 Å². The molecule has 0 aliphatic heterocycles. The smallest absolute Gasteiger partial charge is 0.227 e. The Bertz CT molecular complexity index is 614. The highest BCUT2D eigenvalue weighted by Crippen LogP contribution is 2.54. The highest BCUT2D eigenvalue weighted by Gasteiger charge is 2.47. The van der Waals surface area contributed by atoms with Crippen LogP contribution in [0.2, 0.25) is 0 Å². The molecule has 0 aromatic heterocycles. The van der Waals surface area contributed by atoms with Crippen LogP contribution in [0.5, 0.6) is 0 Å². The number of hydrogen-bond acceptors (Lipinski definition) is 3. The zero-order valence-electron chi connectivity index (χ0n) is 11.1. The van der Waals surface area contributed by atoms with Crippen LogP contribution in [-0.2, 0) is 20.6 Å². The molecule has 2 unspecified atom stereocenters. The van der Waals surface area contributed by atoms with Crippen molar-refractivity contribution >= 4 is 21.6 Å². The fourth-order valence-corrected chi connectivity index (χ4v) is 3.75. The van der Waals surface area contributed by atoms with Crippen LogP contribution in [-0.4, -0.2) is 14.3 Å². The van der Waals surface area contributed by atoms with E-state index < -0.39 is 10.0 Å². The highest BCUT2D eigenvalue weighted by atomic mass is 32.2. The van der Waals surface area contributed by atoms with Crippen LogP contribution >= 0.6 is 0 Å². The number of carbonyl (C=O) groups excluding carboxylic acids is 1. The lowest BCUT2D eigenvalue weighted by Crippen LogP contribution is -2.21. The summed E-state index contributed by atoms with van der Waals surface area (Å²) in [5.74, 6) is 1.60. The molecule has 5 nitrogen and oxygen atoms in total. The molecule has 0 heterocycles. The Morgan fingerprint density at radius 1 is 1.15 bits per heavy atom. The van der Waals surface area contributed by atoms with Crippen molar-refractivity contribution in [1.29, 1.82) is 0 Å². The van der Waals surface area contributed by atoms with Crippen LogP contribution in [0, 0.1) is 17.8 Å². The van der Waals surface area contributed by atoms with Gasteiger partial charge in [0.1, 0.15) is 0 Å². The molecule has 1 aromatic rings. The van der Waals surface area contributed by atoms with Gasteiger partial charge in [0, 0.05) is 11.6 Å². The number of primary sulfonamides is 1. The second-order valence-corrected chi connectivity index (χ2v) is 7.53. The molecule has 1 aromatic carbocycles. The summed E-state index contributed by atoms with van der Waals surface area (Å²) in [5.41, 5.74) is 1.32. The maximum absolute atomic E-state index is 12.1. The Morgan fingerprint density at radius 3 is 2.30 bits per heavy atom. The van der Waals surface area contributed by atoms with Gasteiger partial charge in [0.05, 0.1) is 5.75 Å². The van der Waals surface area contributed by atoms with E-state index in [4.69, 9.17) is 5.14 Å². The van der Waals surface area contributed by atoms with Gasteiger partial charge >= 0.3 is 0 Å². The van der Waals surface area contributed by atoms with Gasteiger partial charge in [-0.15, -0.1) is 0 Å². The number of anilines is 1. The van der Waals surface area contributed by atoms with Crippen molar-refractivity contribution in [3.05, 3.63) is 29.8 Å². The van der Waals surface area contributed by atoms with Gasteiger partial charge in [-0.3, -0.25) is 4.79 Å². The quantitative estimate of drug-likeness (QED) is 0.881. The molecule has 2 saturated carbocycles. The minimum Gasteiger partial charge on any atom is -0.326 e. The molecule has 20 heavy (non-hydrogen) atoms. The first-order valence-electron chi connectivity index (χ1n) is 6.81. The number of benzene rings is 1. The number of rotatable bonds is 4. The van der Waals surface area contributed by atoms with E-state index in [1.807, 2.05) is 0 Å². The molecule has 2 aliphatic rings. The predicted octanol–water partition coefficient (Wildman–Crippen LogP) is 1.46. The number of sulfonamides is 1. The van der Waals surface area contributed by atoms with Crippen molar-refractivity contribution in [3.8, 4) is 0 Å². The summed E-state index contributed by atoms with van der Waals surface area (Å²) in [4.78, 5) is 12.1. The molecule has 108 valence electrons. The van der Waals surface area contributed by atoms with Crippen molar-refractivity contribution in [1.82, 2.24) is 0 Å². The van der Waals surface area contributed by atoms with E-state index >= 15 is 0 Å². The first kappa shape index (κ1) is 13.6. The van der Waals surface area contributed by atoms with Gasteiger partial charge in [-0.2, -0.15) is 0 Å². The van der Waals surface area contributed by atoms with Crippen molar-refractivity contribution in [2.24, 2.45) is 22.9 Å². The second kappa shape index (κ2) is 4.86. The summed E-state index contributed by atoms with van der Waals surface area (Å²) in [6, 6.07) is 6.78.